The second-order valence-corrected chi connectivity index (χ2v) is 6.82. The Morgan fingerprint density at radius 2 is 2.00 bits per heavy atom. The summed E-state index contributed by atoms with van der Waals surface area (Å²) >= 11 is 7.26. The second-order valence-electron chi connectivity index (χ2n) is 5.17. The highest BCUT2D eigenvalue weighted by atomic mass is 35.5. The molecule has 0 saturated heterocycles. The van der Waals surface area contributed by atoms with Crippen LogP contribution in [0.3, 0.4) is 0 Å². The first-order chi connectivity index (χ1) is 10.8. The number of halogens is 2. The van der Waals surface area contributed by atoms with Crippen molar-refractivity contribution in [2.24, 2.45) is 5.92 Å². The Hall–Kier alpha value is -1.27. The van der Waals surface area contributed by atoms with Crippen LogP contribution in [0.1, 0.15) is 34.1 Å². The van der Waals surface area contributed by atoms with Crippen molar-refractivity contribution in [2.75, 3.05) is 11.9 Å². The largest absolute Gasteiger partial charge is 0.465 e. The summed E-state index contributed by atoms with van der Waals surface area (Å²) in [5, 5.41) is 2.27. The van der Waals surface area contributed by atoms with Gasteiger partial charge in [0.2, 0.25) is 5.91 Å². The van der Waals surface area contributed by atoms with Gasteiger partial charge in [-0.2, -0.15) is 0 Å². The molecule has 1 aromatic rings. The Balaban J connectivity index is 3.02. The van der Waals surface area contributed by atoms with Crippen molar-refractivity contribution in [1.82, 2.24) is 0 Å². The Labute approximate surface area is 145 Å². The van der Waals surface area contributed by atoms with Gasteiger partial charge in [-0.15, -0.1) is 11.8 Å². The maximum absolute atomic E-state index is 14.0. The first-order valence-electron chi connectivity index (χ1n) is 7.43. The van der Waals surface area contributed by atoms with Crippen molar-refractivity contribution in [3.05, 3.63) is 23.0 Å². The van der Waals surface area contributed by atoms with Crippen LogP contribution in [0.4, 0.5) is 10.1 Å². The van der Waals surface area contributed by atoms with Crippen molar-refractivity contribution in [3.63, 3.8) is 0 Å². The normalized spacial score (nSPS) is 12.1. The number of carbonyl (C=O) groups excluding carboxylic acids is 2. The van der Waals surface area contributed by atoms with Gasteiger partial charge in [0.05, 0.1) is 17.3 Å². The molecule has 0 radical (unpaired) electrons. The van der Waals surface area contributed by atoms with Gasteiger partial charge in [0.15, 0.2) is 0 Å². The first-order valence-corrected chi connectivity index (χ1v) is 8.69. The number of hydrogen-bond donors (Lipinski definition) is 1. The van der Waals surface area contributed by atoms with E-state index in [0.717, 1.165) is 6.07 Å². The van der Waals surface area contributed by atoms with Crippen LogP contribution < -0.4 is 5.32 Å². The molecule has 0 spiro atoms. The molecular weight excluding hydrogens is 341 g/mol. The van der Waals surface area contributed by atoms with Gasteiger partial charge in [-0.1, -0.05) is 32.4 Å². The molecule has 4 nitrogen and oxygen atoms in total. The van der Waals surface area contributed by atoms with E-state index in [0.29, 0.717) is 17.9 Å². The monoisotopic (exact) mass is 361 g/mol. The summed E-state index contributed by atoms with van der Waals surface area (Å²) in [7, 11) is 0. The number of carbonyl (C=O) groups is 2. The second kappa shape index (κ2) is 9.13. The van der Waals surface area contributed by atoms with E-state index in [4.69, 9.17) is 16.3 Å². The van der Waals surface area contributed by atoms with Crippen LogP contribution in [0.2, 0.25) is 5.02 Å². The van der Waals surface area contributed by atoms with Crippen molar-refractivity contribution >= 4 is 40.9 Å². The van der Waals surface area contributed by atoms with E-state index in [2.05, 4.69) is 5.32 Å². The third kappa shape index (κ3) is 5.70. The van der Waals surface area contributed by atoms with Gasteiger partial charge < -0.3 is 10.1 Å². The molecule has 0 fully saturated rings. The fourth-order valence-electron chi connectivity index (χ4n) is 1.68. The Morgan fingerprint density at radius 3 is 2.52 bits per heavy atom. The molecule has 0 heterocycles. The van der Waals surface area contributed by atoms with Crippen molar-refractivity contribution in [3.8, 4) is 0 Å². The Morgan fingerprint density at radius 1 is 1.35 bits per heavy atom. The standard InChI is InChI=1S/C16H21ClFNO3S/c1-5-13(16(21)22-6-2)23-14-8-12(11(18)7-10(14)17)19-15(20)9(3)4/h7-9,13H,5-6H2,1-4H3,(H,19,20). The number of anilines is 1. The first kappa shape index (κ1) is 19.8. The lowest BCUT2D eigenvalue weighted by Gasteiger charge is -2.16. The Bertz CT molecular complexity index is 581. The van der Waals surface area contributed by atoms with Gasteiger partial charge in [-0.05, 0) is 25.5 Å². The van der Waals surface area contributed by atoms with E-state index in [1.165, 1.54) is 17.8 Å². The molecule has 23 heavy (non-hydrogen) atoms. The van der Waals surface area contributed by atoms with E-state index in [1.54, 1.807) is 20.8 Å². The molecule has 1 amide bonds. The van der Waals surface area contributed by atoms with Crippen LogP contribution in [0, 0.1) is 11.7 Å². The molecule has 0 aromatic heterocycles. The predicted octanol–water partition coefficient (Wildman–Crippen LogP) is 4.51. The maximum atomic E-state index is 14.0. The molecule has 0 aliphatic heterocycles. The van der Waals surface area contributed by atoms with E-state index in [1.807, 2.05) is 6.92 Å². The third-order valence-corrected chi connectivity index (χ3v) is 4.82. The number of esters is 1. The number of ether oxygens (including phenoxy) is 1. The van der Waals surface area contributed by atoms with Crippen molar-refractivity contribution in [2.45, 2.75) is 44.3 Å². The van der Waals surface area contributed by atoms with Crippen LogP contribution in [0.25, 0.3) is 0 Å². The quantitative estimate of drug-likeness (QED) is 0.573. The average Bonchev–Trinajstić information content (AvgIpc) is 2.48. The number of amides is 1. The summed E-state index contributed by atoms with van der Waals surface area (Å²) < 4.78 is 19.0. The molecule has 1 rings (SSSR count). The lowest BCUT2D eigenvalue weighted by atomic mass is 10.2. The third-order valence-electron chi connectivity index (χ3n) is 2.99. The average molecular weight is 362 g/mol. The van der Waals surface area contributed by atoms with E-state index in [9.17, 15) is 14.0 Å². The topological polar surface area (TPSA) is 55.4 Å². The van der Waals surface area contributed by atoms with Gasteiger partial charge in [0.25, 0.3) is 0 Å². The van der Waals surface area contributed by atoms with Crippen LogP contribution >= 0.6 is 23.4 Å². The summed E-state index contributed by atoms with van der Waals surface area (Å²) in [5.74, 6) is -1.52. The number of rotatable bonds is 7. The summed E-state index contributed by atoms with van der Waals surface area (Å²) in [6.45, 7) is 7.31. The molecule has 0 aliphatic rings. The lowest BCUT2D eigenvalue weighted by Crippen LogP contribution is -2.20. The molecule has 1 unspecified atom stereocenters. The van der Waals surface area contributed by atoms with Crippen molar-refractivity contribution < 1.29 is 18.7 Å². The fourth-order valence-corrected chi connectivity index (χ4v) is 2.96. The summed E-state index contributed by atoms with van der Waals surface area (Å²) in [6.07, 6.45) is 0.547. The maximum Gasteiger partial charge on any atom is 0.319 e. The lowest BCUT2D eigenvalue weighted by molar-refractivity contribution is -0.142. The molecule has 1 N–H and O–H groups in total. The smallest absolute Gasteiger partial charge is 0.319 e. The highest BCUT2D eigenvalue weighted by Crippen LogP contribution is 2.35. The molecule has 0 aliphatic carbocycles. The SMILES string of the molecule is CCOC(=O)C(CC)Sc1cc(NC(=O)C(C)C)c(F)cc1Cl. The van der Waals surface area contributed by atoms with E-state index < -0.39 is 11.1 Å². The molecule has 7 heteroatoms. The molecular formula is C16H21ClFNO3S. The van der Waals surface area contributed by atoms with E-state index >= 15 is 0 Å². The van der Waals surface area contributed by atoms with E-state index in [-0.39, 0.29) is 28.5 Å². The zero-order valence-electron chi connectivity index (χ0n) is 13.6. The molecule has 0 saturated carbocycles. The van der Waals surface area contributed by atoms with Gasteiger partial charge in [-0.25, -0.2) is 4.39 Å². The molecule has 128 valence electrons. The minimum Gasteiger partial charge on any atom is -0.465 e. The zero-order valence-corrected chi connectivity index (χ0v) is 15.2. The van der Waals surface area contributed by atoms with Crippen LogP contribution in [-0.2, 0) is 14.3 Å². The van der Waals surface area contributed by atoms with Gasteiger partial charge in [-0.3, -0.25) is 9.59 Å². The van der Waals surface area contributed by atoms with Gasteiger partial charge in [0, 0.05) is 10.8 Å². The van der Waals surface area contributed by atoms with Crippen molar-refractivity contribution in [1.29, 1.82) is 0 Å². The minimum atomic E-state index is -0.613. The van der Waals surface area contributed by atoms with Gasteiger partial charge >= 0.3 is 5.97 Å². The Kier molecular flexibility index (Phi) is 7.85. The predicted molar refractivity (Wildman–Crippen MR) is 91.4 cm³/mol. The number of hydrogen-bond acceptors (Lipinski definition) is 4. The molecule has 0 bridgehead atoms. The van der Waals surface area contributed by atoms with Crippen LogP contribution in [-0.4, -0.2) is 23.7 Å². The fraction of sp³-hybridized carbons (Fsp3) is 0.500. The summed E-state index contributed by atoms with van der Waals surface area (Å²) in [4.78, 5) is 24.1. The molecule has 1 atom stereocenters. The highest BCUT2D eigenvalue weighted by Gasteiger charge is 2.22. The number of thioether (sulfide) groups is 1. The summed E-state index contributed by atoms with van der Waals surface area (Å²) in [5.41, 5.74) is 0.0503. The minimum absolute atomic E-state index is 0.0503. The van der Waals surface area contributed by atoms with Crippen LogP contribution in [0.15, 0.2) is 17.0 Å². The highest BCUT2D eigenvalue weighted by molar-refractivity contribution is 8.00. The van der Waals surface area contributed by atoms with Crippen LogP contribution in [0.5, 0.6) is 0 Å². The zero-order chi connectivity index (χ0) is 17.6. The molecule has 1 aromatic carbocycles. The van der Waals surface area contributed by atoms with Gasteiger partial charge in [0.1, 0.15) is 11.1 Å². The number of nitrogens with one attached hydrogen (secondary N) is 1. The summed E-state index contributed by atoms with van der Waals surface area (Å²) in [6, 6.07) is 2.59. The number of benzene rings is 1.